The van der Waals surface area contributed by atoms with Crippen LogP contribution in [0.2, 0.25) is 0 Å². The fourth-order valence-corrected chi connectivity index (χ4v) is 2.24. The van der Waals surface area contributed by atoms with Gasteiger partial charge in [-0.05, 0) is 42.1 Å². The number of hydrogen-bond donors (Lipinski definition) is 3. The molecule has 0 atom stereocenters. The largest absolute Gasteiger partial charge is 0.454 e. The van der Waals surface area contributed by atoms with Crippen LogP contribution in [0.3, 0.4) is 0 Å². The van der Waals surface area contributed by atoms with Gasteiger partial charge >= 0.3 is 0 Å². The van der Waals surface area contributed by atoms with Crippen molar-refractivity contribution < 1.29 is 9.47 Å². The van der Waals surface area contributed by atoms with Crippen molar-refractivity contribution in [2.45, 2.75) is 6.17 Å². The van der Waals surface area contributed by atoms with E-state index in [1.165, 1.54) is 0 Å². The molecule has 1 fully saturated rings. The first kappa shape index (κ1) is 10.5. The van der Waals surface area contributed by atoms with E-state index in [4.69, 9.17) is 33.9 Å². The number of fused-ring (bicyclic) bond motifs is 1. The van der Waals surface area contributed by atoms with Crippen molar-refractivity contribution >= 4 is 34.7 Å². The molecule has 0 unspecified atom stereocenters. The molecule has 17 heavy (non-hydrogen) atoms. The van der Waals surface area contributed by atoms with Crippen LogP contribution in [0.15, 0.2) is 18.2 Å². The lowest BCUT2D eigenvalue weighted by Gasteiger charge is -2.29. The van der Waals surface area contributed by atoms with E-state index in [1.54, 1.807) is 0 Å². The van der Waals surface area contributed by atoms with E-state index in [9.17, 15) is 0 Å². The van der Waals surface area contributed by atoms with Gasteiger partial charge in [0.25, 0.3) is 0 Å². The zero-order valence-corrected chi connectivity index (χ0v) is 10.3. The lowest BCUT2D eigenvalue weighted by Crippen LogP contribution is -2.56. The van der Waals surface area contributed by atoms with Crippen LogP contribution in [0, 0.1) is 0 Å². The van der Waals surface area contributed by atoms with Crippen LogP contribution in [0.25, 0.3) is 0 Å². The van der Waals surface area contributed by atoms with Crippen LogP contribution in [0.5, 0.6) is 11.5 Å². The predicted molar refractivity (Wildman–Crippen MR) is 69.9 cm³/mol. The Bertz CT molecular complexity index is 490. The van der Waals surface area contributed by atoms with E-state index in [2.05, 4.69) is 16.0 Å². The Morgan fingerprint density at radius 2 is 1.76 bits per heavy atom. The predicted octanol–water partition coefficient (Wildman–Crippen LogP) is 0.766. The second-order valence-corrected chi connectivity index (χ2v) is 4.43. The van der Waals surface area contributed by atoms with Crippen LogP contribution in [-0.4, -0.2) is 17.0 Å². The maximum atomic E-state index is 5.32. The minimum atomic E-state index is -0.147. The Morgan fingerprint density at radius 1 is 1.06 bits per heavy atom. The first-order valence-electron chi connectivity index (χ1n) is 5.00. The van der Waals surface area contributed by atoms with Gasteiger partial charge in [0.2, 0.25) is 6.79 Å². The molecule has 0 amide bonds. The third-order valence-electron chi connectivity index (χ3n) is 2.51. The molecule has 7 heteroatoms. The highest BCUT2D eigenvalue weighted by Gasteiger charge is 2.22. The van der Waals surface area contributed by atoms with Crippen molar-refractivity contribution in [1.82, 2.24) is 16.0 Å². The monoisotopic (exact) mass is 267 g/mol. The standard InChI is InChI=1S/C10H9N3O2S2/c16-9-11-8(12-10(17)13-9)5-1-2-6-7(3-5)15-4-14-6/h1-3,8H,4H2,(H3,11,12,13,16,17). The van der Waals surface area contributed by atoms with Crippen molar-refractivity contribution in [3.8, 4) is 11.5 Å². The van der Waals surface area contributed by atoms with E-state index >= 15 is 0 Å². The average Bonchev–Trinajstić information content (AvgIpc) is 2.74. The van der Waals surface area contributed by atoms with Crippen molar-refractivity contribution in [2.24, 2.45) is 0 Å². The molecule has 2 aliphatic heterocycles. The highest BCUT2D eigenvalue weighted by atomic mass is 32.1. The molecule has 5 nitrogen and oxygen atoms in total. The summed E-state index contributed by atoms with van der Waals surface area (Å²) in [6.07, 6.45) is -0.147. The number of rotatable bonds is 1. The summed E-state index contributed by atoms with van der Waals surface area (Å²) in [6, 6.07) is 5.72. The van der Waals surface area contributed by atoms with Crippen LogP contribution in [-0.2, 0) is 0 Å². The molecule has 0 aromatic heterocycles. The molecular weight excluding hydrogens is 258 g/mol. The van der Waals surface area contributed by atoms with Crippen molar-refractivity contribution in [1.29, 1.82) is 0 Å². The fourth-order valence-electron chi connectivity index (χ4n) is 1.73. The third-order valence-corrected chi connectivity index (χ3v) is 2.95. The minimum Gasteiger partial charge on any atom is -0.454 e. The zero-order valence-electron chi connectivity index (χ0n) is 8.65. The summed E-state index contributed by atoms with van der Waals surface area (Å²) in [5.74, 6) is 1.49. The van der Waals surface area contributed by atoms with Gasteiger partial charge in [-0.1, -0.05) is 6.07 Å². The average molecular weight is 267 g/mol. The molecule has 1 aromatic rings. The van der Waals surface area contributed by atoms with Crippen LogP contribution in [0.1, 0.15) is 11.7 Å². The summed E-state index contributed by atoms with van der Waals surface area (Å²) in [7, 11) is 0. The maximum absolute atomic E-state index is 5.32. The molecule has 2 heterocycles. The second-order valence-electron chi connectivity index (χ2n) is 3.62. The molecule has 1 saturated heterocycles. The summed E-state index contributed by atoms with van der Waals surface area (Å²) in [6.45, 7) is 0.267. The molecular formula is C10H9N3O2S2. The third kappa shape index (κ3) is 1.98. The van der Waals surface area contributed by atoms with E-state index in [0.717, 1.165) is 17.1 Å². The molecule has 0 saturated carbocycles. The normalized spacial score (nSPS) is 18.4. The van der Waals surface area contributed by atoms with Gasteiger partial charge in [-0.2, -0.15) is 0 Å². The van der Waals surface area contributed by atoms with Gasteiger partial charge in [0.05, 0.1) is 0 Å². The quantitative estimate of drug-likeness (QED) is 0.650. The van der Waals surface area contributed by atoms with E-state index < -0.39 is 0 Å². The topological polar surface area (TPSA) is 54.5 Å². The summed E-state index contributed by atoms with van der Waals surface area (Å²) < 4.78 is 10.6. The van der Waals surface area contributed by atoms with Crippen LogP contribution < -0.4 is 25.4 Å². The van der Waals surface area contributed by atoms with Gasteiger partial charge in [-0.3, -0.25) is 0 Å². The first-order chi connectivity index (χ1) is 8.22. The van der Waals surface area contributed by atoms with E-state index in [-0.39, 0.29) is 13.0 Å². The molecule has 2 aliphatic rings. The summed E-state index contributed by atoms with van der Waals surface area (Å²) >= 11 is 10.1. The van der Waals surface area contributed by atoms with E-state index in [1.807, 2.05) is 18.2 Å². The zero-order chi connectivity index (χ0) is 11.8. The number of hydrogen-bond acceptors (Lipinski definition) is 4. The van der Waals surface area contributed by atoms with Gasteiger partial charge in [0.1, 0.15) is 6.17 Å². The Hall–Kier alpha value is -1.60. The van der Waals surface area contributed by atoms with Crippen molar-refractivity contribution in [3.63, 3.8) is 0 Å². The smallest absolute Gasteiger partial charge is 0.231 e. The second kappa shape index (κ2) is 4.01. The molecule has 3 rings (SSSR count). The summed E-state index contributed by atoms with van der Waals surface area (Å²) in [5, 5.41) is 10.00. The van der Waals surface area contributed by atoms with Crippen LogP contribution in [0.4, 0.5) is 0 Å². The minimum absolute atomic E-state index is 0.147. The number of ether oxygens (including phenoxy) is 2. The van der Waals surface area contributed by atoms with Crippen molar-refractivity contribution in [3.05, 3.63) is 23.8 Å². The van der Waals surface area contributed by atoms with Gasteiger partial charge in [-0.25, -0.2) is 0 Å². The number of nitrogens with one attached hydrogen (secondary N) is 3. The fraction of sp³-hybridized carbons (Fsp3) is 0.200. The van der Waals surface area contributed by atoms with Crippen molar-refractivity contribution in [2.75, 3.05) is 6.79 Å². The van der Waals surface area contributed by atoms with Gasteiger partial charge in [0, 0.05) is 0 Å². The van der Waals surface area contributed by atoms with Gasteiger partial charge < -0.3 is 25.4 Å². The summed E-state index contributed by atoms with van der Waals surface area (Å²) in [5.41, 5.74) is 0.987. The van der Waals surface area contributed by atoms with E-state index in [0.29, 0.717) is 10.2 Å². The molecule has 0 radical (unpaired) electrons. The Balaban J connectivity index is 1.88. The lowest BCUT2D eigenvalue weighted by atomic mass is 10.1. The molecule has 3 N–H and O–H groups in total. The lowest BCUT2D eigenvalue weighted by molar-refractivity contribution is 0.174. The van der Waals surface area contributed by atoms with Crippen LogP contribution >= 0.6 is 24.4 Å². The number of thiocarbonyl (C=S) groups is 2. The molecule has 1 aromatic carbocycles. The molecule has 0 aliphatic carbocycles. The molecule has 0 spiro atoms. The van der Waals surface area contributed by atoms with Gasteiger partial charge in [0.15, 0.2) is 21.7 Å². The maximum Gasteiger partial charge on any atom is 0.231 e. The summed E-state index contributed by atoms with van der Waals surface area (Å²) in [4.78, 5) is 0. The Labute approximate surface area is 108 Å². The number of benzene rings is 1. The SMILES string of the molecule is S=C1NC(=S)NC(c2ccc3c(c2)OCO3)N1. The van der Waals surface area contributed by atoms with Gasteiger partial charge in [-0.15, -0.1) is 0 Å². The Kier molecular flexibility index (Phi) is 2.49. The first-order valence-corrected chi connectivity index (χ1v) is 5.81. The molecule has 88 valence electrons. The Morgan fingerprint density at radius 3 is 2.53 bits per heavy atom. The highest BCUT2D eigenvalue weighted by Crippen LogP contribution is 2.33. The highest BCUT2D eigenvalue weighted by molar-refractivity contribution is 7.81. The molecule has 0 bridgehead atoms.